The Morgan fingerprint density at radius 1 is 1.38 bits per heavy atom. The molecule has 4 rings (SSSR count). The first-order valence-electron chi connectivity index (χ1n) is 8.32. The van der Waals surface area contributed by atoms with Gasteiger partial charge in [-0.15, -0.1) is 11.3 Å². The molecular formula is C18H21N3O2S. The Balaban J connectivity index is 1.45. The van der Waals surface area contributed by atoms with E-state index in [4.69, 9.17) is 9.72 Å². The van der Waals surface area contributed by atoms with E-state index >= 15 is 0 Å². The lowest BCUT2D eigenvalue weighted by Crippen LogP contribution is -2.33. The fraction of sp³-hybridized carbons (Fsp3) is 0.444. The highest BCUT2D eigenvalue weighted by Crippen LogP contribution is 2.30. The third-order valence-corrected chi connectivity index (χ3v) is 5.97. The summed E-state index contributed by atoms with van der Waals surface area (Å²) in [6.07, 6.45) is 1.30. The molecule has 0 spiro atoms. The number of ether oxygens (including phenoxy) is 1. The maximum absolute atomic E-state index is 11.5. The quantitative estimate of drug-likeness (QED) is 0.864. The number of benzene rings is 1. The minimum absolute atomic E-state index is 0.310. The smallest absolute Gasteiger partial charge is 0.337 e. The van der Waals surface area contributed by atoms with Crippen LogP contribution in [0.25, 0.3) is 10.6 Å². The Kier molecular flexibility index (Phi) is 4.35. The van der Waals surface area contributed by atoms with Crippen LogP contribution in [0.15, 0.2) is 29.6 Å². The van der Waals surface area contributed by atoms with Gasteiger partial charge in [-0.2, -0.15) is 0 Å². The van der Waals surface area contributed by atoms with Crippen LogP contribution in [0.3, 0.4) is 0 Å². The third-order valence-electron chi connectivity index (χ3n) is 5.03. The first-order chi connectivity index (χ1) is 11.7. The Morgan fingerprint density at radius 2 is 2.21 bits per heavy atom. The summed E-state index contributed by atoms with van der Waals surface area (Å²) in [5.74, 6) is 0.504. The maximum atomic E-state index is 11.5. The molecule has 2 fully saturated rings. The fourth-order valence-electron chi connectivity index (χ4n) is 3.72. The van der Waals surface area contributed by atoms with Gasteiger partial charge in [0.25, 0.3) is 0 Å². The molecule has 0 saturated carbocycles. The summed E-state index contributed by atoms with van der Waals surface area (Å²) in [6, 6.07) is 8.12. The van der Waals surface area contributed by atoms with Crippen LogP contribution >= 0.6 is 11.3 Å². The van der Waals surface area contributed by atoms with Crippen molar-refractivity contribution < 1.29 is 9.53 Å². The minimum atomic E-state index is -0.310. The van der Waals surface area contributed by atoms with Crippen LogP contribution in [0.1, 0.15) is 22.5 Å². The summed E-state index contributed by atoms with van der Waals surface area (Å²) in [5.41, 5.74) is 2.75. The second-order valence-electron chi connectivity index (χ2n) is 6.46. The van der Waals surface area contributed by atoms with E-state index in [0.29, 0.717) is 11.6 Å². The van der Waals surface area contributed by atoms with Crippen molar-refractivity contribution in [2.75, 3.05) is 26.7 Å². The average Bonchev–Trinajstić information content (AvgIpc) is 3.33. The molecule has 0 aliphatic carbocycles. The van der Waals surface area contributed by atoms with Crippen LogP contribution in [0.4, 0.5) is 0 Å². The Hall–Kier alpha value is -1.76. The van der Waals surface area contributed by atoms with Crippen molar-refractivity contribution in [3.8, 4) is 10.6 Å². The van der Waals surface area contributed by atoms with Gasteiger partial charge < -0.3 is 10.1 Å². The Labute approximate surface area is 145 Å². The fourth-order valence-corrected chi connectivity index (χ4v) is 4.54. The number of methoxy groups -OCH3 is 1. The van der Waals surface area contributed by atoms with E-state index < -0.39 is 0 Å². The largest absolute Gasteiger partial charge is 0.465 e. The van der Waals surface area contributed by atoms with Crippen LogP contribution in [0.2, 0.25) is 0 Å². The van der Waals surface area contributed by atoms with E-state index in [0.717, 1.165) is 41.8 Å². The molecular weight excluding hydrogens is 322 g/mol. The number of fused-ring (bicyclic) bond motifs is 1. The van der Waals surface area contributed by atoms with Crippen molar-refractivity contribution in [1.82, 2.24) is 15.2 Å². The van der Waals surface area contributed by atoms with Gasteiger partial charge in [0, 0.05) is 30.1 Å². The number of carbonyl (C=O) groups is 1. The normalized spacial score (nSPS) is 23.4. The van der Waals surface area contributed by atoms with Gasteiger partial charge in [-0.25, -0.2) is 9.78 Å². The molecule has 2 atom stereocenters. The summed E-state index contributed by atoms with van der Waals surface area (Å²) < 4.78 is 4.73. The standard InChI is InChI=1S/C18H21N3O2S/c1-23-18(22)13-4-2-12(3-5-13)17-20-15(11-24-17)10-21-7-6-14-8-19-9-16(14)21/h2-5,11,14,16,19H,6-10H2,1H3/t14-,16+/m1/s1. The lowest BCUT2D eigenvalue weighted by atomic mass is 10.1. The van der Waals surface area contributed by atoms with Gasteiger partial charge in [0.2, 0.25) is 0 Å². The molecule has 5 nitrogen and oxygen atoms in total. The molecule has 2 aromatic rings. The second kappa shape index (κ2) is 6.63. The number of carbonyl (C=O) groups excluding carboxylic acids is 1. The molecule has 1 N–H and O–H groups in total. The molecule has 2 aliphatic rings. The van der Waals surface area contributed by atoms with E-state index in [2.05, 4.69) is 15.6 Å². The van der Waals surface area contributed by atoms with Gasteiger partial charge in [0.1, 0.15) is 5.01 Å². The predicted molar refractivity (Wildman–Crippen MR) is 94.1 cm³/mol. The molecule has 0 bridgehead atoms. The van der Waals surface area contributed by atoms with Gasteiger partial charge in [-0.05, 0) is 37.6 Å². The zero-order valence-corrected chi connectivity index (χ0v) is 14.5. The van der Waals surface area contributed by atoms with Crippen molar-refractivity contribution >= 4 is 17.3 Å². The van der Waals surface area contributed by atoms with Gasteiger partial charge >= 0.3 is 5.97 Å². The number of thiazole rings is 1. The summed E-state index contributed by atoms with van der Waals surface area (Å²) in [7, 11) is 1.39. The van der Waals surface area contributed by atoms with Crippen molar-refractivity contribution in [2.24, 2.45) is 5.92 Å². The highest BCUT2D eigenvalue weighted by molar-refractivity contribution is 7.13. The first-order valence-corrected chi connectivity index (χ1v) is 9.20. The first kappa shape index (κ1) is 15.7. The van der Waals surface area contributed by atoms with Crippen molar-refractivity contribution in [1.29, 1.82) is 0 Å². The van der Waals surface area contributed by atoms with Gasteiger partial charge in [0.05, 0.1) is 18.4 Å². The summed E-state index contributed by atoms with van der Waals surface area (Å²) in [5, 5.41) is 6.65. The molecule has 126 valence electrons. The molecule has 2 aliphatic heterocycles. The molecule has 1 aromatic heterocycles. The van der Waals surface area contributed by atoms with E-state index in [-0.39, 0.29) is 5.97 Å². The summed E-state index contributed by atoms with van der Waals surface area (Å²) >= 11 is 1.66. The van der Waals surface area contributed by atoms with Crippen LogP contribution in [-0.2, 0) is 11.3 Å². The average molecular weight is 343 g/mol. The molecule has 0 amide bonds. The molecule has 24 heavy (non-hydrogen) atoms. The number of rotatable bonds is 4. The Bertz CT molecular complexity index is 728. The molecule has 2 saturated heterocycles. The van der Waals surface area contributed by atoms with Crippen molar-refractivity contribution in [3.05, 3.63) is 40.9 Å². The highest BCUT2D eigenvalue weighted by Gasteiger charge is 2.37. The SMILES string of the molecule is COC(=O)c1ccc(-c2nc(CN3CC[C@@H]4CNC[C@@H]43)cs2)cc1. The zero-order chi connectivity index (χ0) is 16.5. The lowest BCUT2D eigenvalue weighted by Gasteiger charge is -2.21. The second-order valence-corrected chi connectivity index (χ2v) is 7.32. The van der Waals surface area contributed by atoms with Gasteiger partial charge in [-0.1, -0.05) is 12.1 Å². The monoisotopic (exact) mass is 343 g/mol. The minimum Gasteiger partial charge on any atom is -0.465 e. The van der Waals surface area contributed by atoms with Gasteiger partial charge in [-0.3, -0.25) is 4.90 Å². The predicted octanol–water partition coefficient (Wildman–Crippen LogP) is 2.39. The van der Waals surface area contributed by atoms with E-state index in [1.807, 2.05) is 12.1 Å². The van der Waals surface area contributed by atoms with E-state index in [1.54, 1.807) is 23.5 Å². The topological polar surface area (TPSA) is 54.5 Å². The van der Waals surface area contributed by atoms with Crippen molar-refractivity contribution in [3.63, 3.8) is 0 Å². The molecule has 6 heteroatoms. The maximum Gasteiger partial charge on any atom is 0.337 e. The highest BCUT2D eigenvalue weighted by atomic mass is 32.1. The van der Waals surface area contributed by atoms with Gasteiger partial charge in [0.15, 0.2) is 0 Å². The summed E-state index contributed by atoms with van der Waals surface area (Å²) in [6.45, 7) is 4.38. The number of likely N-dealkylation sites (tertiary alicyclic amines) is 1. The molecule has 3 heterocycles. The van der Waals surface area contributed by atoms with Crippen LogP contribution in [0, 0.1) is 5.92 Å². The molecule has 1 aromatic carbocycles. The number of nitrogens with one attached hydrogen (secondary N) is 1. The van der Waals surface area contributed by atoms with Crippen LogP contribution in [-0.4, -0.2) is 48.6 Å². The number of hydrogen-bond donors (Lipinski definition) is 1. The van der Waals surface area contributed by atoms with Crippen molar-refractivity contribution in [2.45, 2.75) is 19.0 Å². The number of nitrogens with zero attached hydrogens (tertiary/aromatic N) is 2. The van der Waals surface area contributed by atoms with E-state index in [9.17, 15) is 4.79 Å². The molecule has 0 radical (unpaired) electrons. The molecule has 0 unspecified atom stereocenters. The zero-order valence-electron chi connectivity index (χ0n) is 13.7. The Morgan fingerprint density at radius 3 is 3.00 bits per heavy atom. The third kappa shape index (κ3) is 2.97. The number of aromatic nitrogens is 1. The van der Waals surface area contributed by atoms with E-state index in [1.165, 1.54) is 20.1 Å². The lowest BCUT2D eigenvalue weighted by molar-refractivity contribution is 0.0601. The number of esters is 1. The number of hydrogen-bond acceptors (Lipinski definition) is 6. The van der Waals surface area contributed by atoms with Crippen LogP contribution in [0.5, 0.6) is 0 Å². The van der Waals surface area contributed by atoms with Crippen LogP contribution < -0.4 is 5.32 Å². The summed E-state index contributed by atoms with van der Waals surface area (Å²) in [4.78, 5) is 18.9.